The second-order valence-electron chi connectivity index (χ2n) is 3.97. The highest BCUT2D eigenvalue weighted by atomic mass is 32.1. The molecule has 0 bridgehead atoms. The normalized spacial score (nSPS) is 13.1. The number of aryl methyl sites for hydroxylation is 3. The fourth-order valence-electron chi connectivity index (χ4n) is 1.97. The summed E-state index contributed by atoms with van der Waals surface area (Å²) in [5.41, 5.74) is 2.60. The van der Waals surface area contributed by atoms with Gasteiger partial charge in [-0.1, -0.05) is 0 Å². The lowest BCUT2D eigenvalue weighted by atomic mass is 10.3. The third kappa shape index (κ3) is 1.84. The average molecular weight is 220 g/mol. The number of nitrogens with zero attached hydrogens (tertiary/aromatic N) is 2. The molecule has 0 N–H and O–H groups in total. The summed E-state index contributed by atoms with van der Waals surface area (Å²) in [6, 6.07) is 4.66. The monoisotopic (exact) mass is 220 g/mol. The predicted molar refractivity (Wildman–Crippen MR) is 64.6 cm³/mol. The lowest BCUT2D eigenvalue weighted by Crippen LogP contribution is -2.09. The Balaban J connectivity index is 2.40. The van der Waals surface area contributed by atoms with Crippen molar-refractivity contribution in [2.45, 2.75) is 33.7 Å². The van der Waals surface area contributed by atoms with Crippen molar-refractivity contribution in [3.05, 3.63) is 39.6 Å². The quantitative estimate of drug-likeness (QED) is 0.757. The van der Waals surface area contributed by atoms with E-state index in [0.717, 1.165) is 0 Å². The van der Waals surface area contributed by atoms with E-state index in [-0.39, 0.29) is 0 Å². The maximum Gasteiger partial charge on any atom is 0.115 e. The number of hydrogen-bond acceptors (Lipinski definition) is 2. The van der Waals surface area contributed by atoms with Crippen molar-refractivity contribution in [2.75, 3.05) is 0 Å². The van der Waals surface area contributed by atoms with Gasteiger partial charge < -0.3 is 4.57 Å². The molecule has 2 rings (SSSR count). The largest absolute Gasteiger partial charge is 0.340 e. The van der Waals surface area contributed by atoms with Gasteiger partial charge in [0.15, 0.2) is 0 Å². The smallest absolute Gasteiger partial charge is 0.115 e. The Morgan fingerprint density at radius 3 is 2.27 bits per heavy atom. The van der Waals surface area contributed by atoms with Gasteiger partial charge in [0.05, 0.1) is 6.04 Å². The van der Waals surface area contributed by atoms with Crippen LogP contribution in [0, 0.1) is 20.8 Å². The topological polar surface area (TPSA) is 17.8 Å². The fraction of sp³-hybridized carbons (Fsp3) is 0.417. The second kappa shape index (κ2) is 3.81. The van der Waals surface area contributed by atoms with Crippen LogP contribution in [0.5, 0.6) is 0 Å². The summed E-state index contributed by atoms with van der Waals surface area (Å²) in [5.74, 6) is 0. The highest BCUT2D eigenvalue weighted by Gasteiger charge is 2.14. The van der Waals surface area contributed by atoms with Gasteiger partial charge in [0.25, 0.3) is 0 Å². The van der Waals surface area contributed by atoms with Crippen molar-refractivity contribution in [1.29, 1.82) is 0 Å². The zero-order valence-corrected chi connectivity index (χ0v) is 10.4. The molecule has 3 heteroatoms. The molecule has 2 nitrogen and oxygen atoms in total. The van der Waals surface area contributed by atoms with Crippen molar-refractivity contribution in [2.24, 2.45) is 0 Å². The van der Waals surface area contributed by atoms with Crippen molar-refractivity contribution in [3.63, 3.8) is 0 Å². The molecule has 1 unspecified atom stereocenters. The first kappa shape index (κ1) is 10.4. The van der Waals surface area contributed by atoms with Crippen LogP contribution in [0.4, 0.5) is 0 Å². The molecule has 0 aromatic carbocycles. The maximum atomic E-state index is 4.45. The molecule has 15 heavy (non-hydrogen) atoms. The zero-order valence-electron chi connectivity index (χ0n) is 9.61. The second-order valence-corrected chi connectivity index (χ2v) is 5.24. The van der Waals surface area contributed by atoms with E-state index < -0.39 is 0 Å². The molecule has 2 aromatic heterocycles. The van der Waals surface area contributed by atoms with E-state index in [9.17, 15) is 0 Å². The summed E-state index contributed by atoms with van der Waals surface area (Å²) in [6.45, 7) is 8.59. The van der Waals surface area contributed by atoms with Crippen LogP contribution in [-0.2, 0) is 0 Å². The van der Waals surface area contributed by atoms with Gasteiger partial charge in [-0.25, -0.2) is 4.98 Å². The van der Waals surface area contributed by atoms with Crippen molar-refractivity contribution < 1.29 is 0 Å². The molecule has 2 aromatic rings. The highest BCUT2D eigenvalue weighted by molar-refractivity contribution is 7.11. The lowest BCUT2D eigenvalue weighted by molar-refractivity contribution is 0.606. The predicted octanol–water partition coefficient (Wildman–Crippen LogP) is 3.48. The molecule has 0 aliphatic carbocycles. The molecule has 0 fully saturated rings. The Morgan fingerprint density at radius 1 is 1.20 bits per heavy atom. The van der Waals surface area contributed by atoms with Crippen LogP contribution in [0.15, 0.2) is 18.3 Å². The van der Waals surface area contributed by atoms with Crippen LogP contribution in [-0.4, -0.2) is 9.55 Å². The fourth-order valence-corrected chi connectivity index (χ4v) is 2.78. The molecule has 80 valence electrons. The molecule has 1 atom stereocenters. The van der Waals surface area contributed by atoms with Gasteiger partial charge in [0.2, 0.25) is 0 Å². The summed E-state index contributed by atoms with van der Waals surface area (Å²) in [5, 5.41) is 1.19. The van der Waals surface area contributed by atoms with Gasteiger partial charge >= 0.3 is 0 Å². The summed E-state index contributed by atoms with van der Waals surface area (Å²) in [4.78, 5) is 5.73. The molecule has 0 radical (unpaired) electrons. The van der Waals surface area contributed by atoms with Crippen molar-refractivity contribution >= 4 is 11.3 Å². The van der Waals surface area contributed by atoms with Gasteiger partial charge in [-0.3, -0.25) is 0 Å². The average Bonchev–Trinajstić information content (AvgIpc) is 2.73. The summed E-state index contributed by atoms with van der Waals surface area (Å²) in [7, 11) is 0. The number of rotatable bonds is 2. The Morgan fingerprint density at radius 2 is 1.80 bits per heavy atom. The van der Waals surface area contributed by atoms with Gasteiger partial charge in [0, 0.05) is 22.5 Å². The third-order valence-corrected chi connectivity index (χ3v) is 3.79. The Hall–Kier alpha value is -1.09. The molecular weight excluding hydrogens is 204 g/mol. The minimum Gasteiger partial charge on any atom is -0.340 e. The molecule has 0 amide bonds. The molecule has 0 aliphatic heterocycles. The van der Waals surface area contributed by atoms with Crippen LogP contribution < -0.4 is 0 Å². The number of hydrogen-bond donors (Lipinski definition) is 0. The Bertz CT molecular complexity index is 448. The van der Waals surface area contributed by atoms with Crippen LogP contribution in [0.2, 0.25) is 0 Å². The van der Waals surface area contributed by atoms with Crippen molar-refractivity contribution in [3.8, 4) is 0 Å². The standard InChI is InChI=1S/C12H16N2S/c1-8-5-6-9(2)14(8)11(4)12-13-7-10(3)15-12/h5-7,11H,1-4H3. The zero-order chi connectivity index (χ0) is 11.0. The van der Waals surface area contributed by atoms with E-state index >= 15 is 0 Å². The minimum absolute atomic E-state index is 0.346. The Labute approximate surface area is 94.6 Å². The third-order valence-electron chi connectivity index (χ3n) is 2.71. The summed E-state index contributed by atoms with van der Waals surface area (Å²) >= 11 is 1.78. The maximum absolute atomic E-state index is 4.45. The van der Waals surface area contributed by atoms with Gasteiger partial charge in [-0.05, 0) is 39.8 Å². The van der Waals surface area contributed by atoms with Crippen LogP contribution >= 0.6 is 11.3 Å². The summed E-state index contributed by atoms with van der Waals surface area (Å²) in [6.07, 6.45) is 1.95. The van der Waals surface area contributed by atoms with Gasteiger partial charge in [-0.15, -0.1) is 11.3 Å². The van der Waals surface area contributed by atoms with E-state index in [1.165, 1.54) is 21.3 Å². The van der Waals surface area contributed by atoms with Crippen LogP contribution in [0.25, 0.3) is 0 Å². The number of thiazole rings is 1. The molecule has 0 saturated carbocycles. The van der Waals surface area contributed by atoms with Crippen LogP contribution in [0.1, 0.15) is 34.2 Å². The lowest BCUT2D eigenvalue weighted by Gasteiger charge is -2.15. The molecule has 0 aliphatic rings. The first-order valence-electron chi connectivity index (χ1n) is 5.16. The van der Waals surface area contributed by atoms with Crippen LogP contribution in [0.3, 0.4) is 0 Å². The van der Waals surface area contributed by atoms with E-state index in [4.69, 9.17) is 0 Å². The van der Waals surface area contributed by atoms with E-state index in [0.29, 0.717) is 6.04 Å². The SMILES string of the molecule is Cc1cnc(C(C)n2c(C)ccc2C)s1. The first-order valence-corrected chi connectivity index (χ1v) is 5.98. The first-order chi connectivity index (χ1) is 7.09. The van der Waals surface area contributed by atoms with Crippen molar-refractivity contribution in [1.82, 2.24) is 9.55 Å². The highest BCUT2D eigenvalue weighted by Crippen LogP contribution is 2.25. The number of aromatic nitrogens is 2. The molecule has 0 spiro atoms. The molecule has 0 saturated heterocycles. The molecular formula is C12H16N2S. The summed E-state index contributed by atoms with van der Waals surface area (Å²) < 4.78 is 2.33. The van der Waals surface area contributed by atoms with E-state index in [1.807, 2.05) is 6.20 Å². The van der Waals surface area contributed by atoms with Gasteiger partial charge in [0.1, 0.15) is 5.01 Å². The Kier molecular flexibility index (Phi) is 2.65. The van der Waals surface area contributed by atoms with E-state index in [1.54, 1.807) is 11.3 Å². The van der Waals surface area contributed by atoms with Gasteiger partial charge in [-0.2, -0.15) is 0 Å². The molecule has 2 heterocycles. The minimum atomic E-state index is 0.346. The van der Waals surface area contributed by atoms with E-state index in [2.05, 4.69) is 49.4 Å².